The lowest BCUT2D eigenvalue weighted by molar-refractivity contribution is 1.08. The molecule has 1 aromatic rings. The van der Waals surface area contributed by atoms with E-state index < -0.39 is 0 Å². The average molecular weight is 181 g/mol. The largest absolute Gasteiger partial charge is 0.399 e. The summed E-state index contributed by atoms with van der Waals surface area (Å²) in [6.45, 7) is 0. The van der Waals surface area contributed by atoms with Gasteiger partial charge in [0.1, 0.15) is 5.50 Å². The molecule has 0 radical (unpaired) electrons. The van der Waals surface area contributed by atoms with Gasteiger partial charge in [0, 0.05) is 11.4 Å². The van der Waals surface area contributed by atoms with Crippen molar-refractivity contribution in [2.45, 2.75) is 5.50 Å². The van der Waals surface area contributed by atoms with Crippen LogP contribution in [0, 0.1) is 0 Å². The molecule has 1 heterocycles. The van der Waals surface area contributed by atoms with Crippen LogP contribution in [-0.4, -0.2) is 5.50 Å². The van der Waals surface area contributed by atoms with Crippen molar-refractivity contribution < 1.29 is 0 Å². The molecule has 2 nitrogen and oxygen atoms in total. The summed E-state index contributed by atoms with van der Waals surface area (Å²) < 4.78 is 0. The third-order valence-electron chi connectivity index (χ3n) is 1.86. The summed E-state index contributed by atoms with van der Waals surface area (Å²) in [5.74, 6) is 0. The van der Waals surface area contributed by atoms with Gasteiger partial charge in [-0.05, 0) is 17.7 Å². The SMILES string of the molecule is NC1=Cc2ccccc2NC1Cl. The molecule has 0 saturated heterocycles. The number of para-hydroxylation sites is 1. The Balaban J connectivity index is 2.49. The first-order valence-corrected chi connectivity index (χ1v) is 4.18. The van der Waals surface area contributed by atoms with Crippen molar-refractivity contribution in [3.63, 3.8) is 0 Å². The maximum absolute atomic E-state index is 5.89. The van der Waals surface area contributed by atoms with Crippen LogP contribution in [0.4, 0.5) is 5.69 Å². The van der Waals surface area contributed by atoms with Crippen molar-refractivity contribution >= 4 is 23.4 Å². The number of hydrogen-bond donors (Lipinski definition) is 2. The second-order valence-electron chi connectivity index (χ2n) is 2.74. The number of hydrogen-bond acceptors (Lipinski definition) is 2. The van der Waals surface area contributed by atoms with Gasteiger partial charge in [-0.1, -0.05) is 29.8 Å². The Bertz CT molecular complexity index is 333. The summed E-state index contributed by atoms with van der Waals surface area (Å²) in [5.41, 5.74) is 8.17. The van der Waals surface area contributed by atoms with Gasteiger partial charge in [-0.3, -0.25) is 0 Å². The lowest BCUT2D eigenvalue weighted by Crippen LogP contribution is -2.24. The zero-order chi connectivity index (χ0) is 8.55. The smallest absolute Gasteiger partial charge is 0.141 e. The maximum atomic E-state index is 5.89. The number of halogens is 1. The number of alkyl halides is 1. The summed E-state index contributed by atoms with van der Waals surface area (Å²) in [7, 11) is 0. The summed E-state index contributed by atoms with van der Waals surface area (Å²) in [4.78, 5) is 0. The molecule has 1 aliphatic heterocycles. The number of nitrogens with two attached hydrogens (primary N) is 1. The first-order chi connectivity index (χ1) is 5.77. The Kier molecular flexibility index (Phi) is 1.70. The minimum atomic E-state index is -0.278. The highest BCUT2D eigenvalue weighted by molar-refractivity contribution is 6.24. The first-order valence-electron chi connectivity index (χ1n) is 3.74. The maximum Gasteiger partial charge on any atom is 0.141 e. The van der Waals surface area contributed by atoms with Gasteiger partial charge in [0.2, 0.25) is 0 Å². The summed E-state index contributed by atoms with van der Waals surface area (Å²) in [5, 5.41) is 3.08. The molecule has 1 unspecified atom stereocenters. The van der Waals surface area contributed by atoms with Gasteiger partial charge >= 0.3 is 0 Å². The molecule has 0 aliphatic carbocycles. The van der Waals surface area contributed by atoms with Crippen LogP contribution in [-0.2, 0) is 0 Å². The zero-order valence-corrected chi connectivity index (χ0v) is 7.18. The Morgan fingerprint density at radius 2 is 2.08 bits per heavy atom. The van der Waals surface area contributed by atoms with Crippen molar-refractivity contribution in [2.75, 3.05) is 5.32 Å². The third kappa shape index (κ3) is 1.14. The van der Waals surface area contributed by atoms with Crippen LogP contribution < -0.4 is 11.1 Å². The minimum absolute atomic E-state index is 0.278. The van der Waals surface area contributed by atoms with E-state index in [1.165, 1.54) is 0 Å². The van der Waals surface area contributed by atoms with Gasteiger partial charge in [0.25, 0.3) is 0 Å². The monoisotopic (exact) mass is 180 g/mol. The quantitative estimate of drug-likeness (QED) is 0.473. The molecule has 1 atom stereocenters. The molecule has 1 aromatic carbocycles. The van der Waals surface area contributed by atoms with E-state index in [0.29, 0.717) is 5.70 Å². The molecule has 12 heavy (non-hydrogen) atoms. The highest BCUT2D eigenvalue weighted by atomic mass is 35.5. The number of nitrogens with one attached hydrogen (secondary N) is 1. The first kappa shape index (κ1) is 7.50. The molecule has 2 rings (SSSR count). The fraction of sp³-hybridized carbons (Fsp3) is 0.111. The van der Waals surface area contributed by atoms with E-state index in [1.807, 2.05) is 30.3 Å². The van der Waals surface area contributed by atoms with Gasteiger partial charge in [-0.25, -0.2) is 0 Å². The van der Waals surface area contributed by atoms with E-state index in [0.717, 1.165) is 11.3 Å². The molecule has 0 spiro atoms. The van der Waals surface area contributed by atoms with E-state index in [2.05, 4.69) is 5.32 Å². The fourth-order valence-electron chi connectivity index (χ4n) is 1.23. The molecule has 3 N–H and O–H groups in total. The Labute approximate surface area is 76.0 Å². The Hall–Kier alpha value is -1.15. The second-order valence-corrected chi connectivity index (χ2v) is 3.17. The molecule has 0 saturated carbocycles. The molecular formula is C9H9ClN2. The average Bonchev–Trinajstić information content (AvgIpc) is 2.07. The molecule has 3 heteroatoms. The van der Waals surface area contributed by atoms with Crippen LogP contribution in [0.3, 0.4) is 0 Å². The van der Waals surface area contributed by atoms with E-state index in [4.69, 9.17) is 17.3 Å². The lowest BCUT2D eigenvalue weighted by atomic mass is 10.1. The van der Waals surface area contributed by atoms with Crippen molar-refractivity contribution in [2.24, 2.45) is 5.73 Å². The van der Waals surface area contributed by atoms with Gasteiger partial charge in [0.15, 0.2) is 0 Å². The molecular weight excluding hydrogens is 172 g/mol. The molecule has 62 valence electrons. The summed E-state index contributed by atoms with van der Waals surface area (Å²) in [6.07, 6.45) is 1.89. The van der Waals surface area contributed by atoms with Gasteiger partial charge in [-0.2, -0.15) is 0 Å². The standard InChI is InChI=1S/C9H9ClN2/c10-9-7(11)5-6-3-1-2-4-8(6)12-9/h1-5,9,12H,11H2. The van der Waals surface area contributed by atoms with E-state index in [9.17, 15) is 0 Å². The lowest BCUT2D eigenvalue weighted by Gasteiger charge is -2.20. The van der Waals surface area contributed by atoms with Crippen LogP contribution in [0.5, 0.6) is 0 Å². The minimum Gasteiger partial charge on any atom is -0.399 e. The normalized spacial score (nSPS) is 20.8. The van der Waals surface area contributed by atoms with E-state index in [-0.39, 0.29) is 5.50 Å². The van der Waals surface area contributed by atoms with Crippen molar-refractivity contribution in [1.82, 2.24) is 0 Å². The van der Waals surface area contributed by atoms with Gasteiger partial charge in [-0.15, -0.1) is 0 Å². The van der Waals surface area contributed by atoms with Crippen molar-refractivity contribution in [1.29, 1.82) is 0 Å². The van der Waals surface area contributed by atoms with Crippen molar-refractivity contribution in [3.8, 4) is 0 Å². The van der Waals surface area contributed by atoms with Crippen LogP contribution >= 0.6 is 11.6 Å². The van der Waals surface area contributed by atoms with Crippen LogP contribution in [0.2, 0.25) is 0 Å². The molecule has 0 fully saturated rings. The third-order valence-corrected chi connectivity index (χ3v) is 2.22. The predicted octanol–water partition coefficient (Wildman–Crippen LogP) is 1.98. The van der Waals surface area contributed by atoms with E-state index in [1.54, 1.807) is 0 Å². The van der Waals surface area contributed by atoms with Gasteiger partial charge in [0.05, 0.1) is 0 Å². The van der Waals surface area contributed by atoms with Gasteiger partial charge < -0.3 is 11.1 Å². The Morgan fingerprint density at radius 1 is 1.33 bits per heavy atom. The van der Waals surface area contributed by atoms with Crippen LogP contribution in [0.1, 0.15) is 5.56 Å². The van der Waals surface area contributed by atoms with Crippen LogP contribution in [0.15, 0.2) is 30.0 Å². The zero-order valence-electron chi connectivity index (χ0n) is 6.42. The topological polar surface area (TPSA) is 38.0 Å². The summed E-state index contributed by atoms with van der Waals surface area (Å²) in [6, 6.07) is 7.91. The molecule has 1 aliphatic rings. The fourth-order valence-corrected chi connectivity index (χ4v) is 1.41. The summed E-state index contributed by atoms with van der Waals surface area (Å²) >= 11 is 5.89. The molecule has 0 aromatic heterocycles. The molecule has 0 bridgehead atoms. The van der Waals surface area contributed by atoms with Crippen molar-refractivity contribution in [3.05, 3.63) is 35.5 Å². The van der Waals surface area contributed by atoms with Crippen LogP contribution in [0.25, 0.3) is 6.08 Å². The highest BCUT2D eigenvalue weighted by Gasteiger charge is 2.14. The number of benzene rings is 1. The Morgan fingerprint density at radius 3 is 2.92 bits per heavy atom. The van der Waals surface area contributed by atoms with E-state index >= 15 is 0 Å². The predicted molar refractivity (Wildman–Crippen MR) is 51.9 cm³/mol. The number of anilines is 1. The number of fused-ring (bicyclic) bond motifs is 1. The molecule has 0 amide bonds. The highest BCUT2D eigenvalue weighted by Crippen LogP contribution is 2.25. The number of rotatable bonds is 0. The second kappa shape index (κ2) is 2.72.